The molecule has 5 rings (SSSR count). The molecule has 1 amide bonds. The molecule has 2 heterocycles. The number of benzene rings is 3. The lowest BCUT2D eigenvalue weighted by molar-refractivity contribution is -0.856. The third kappa shape index (κ3) is 3.46. The number of amides is 1. The van der Waals surface area contributed by atoms with Gasteiger partial charge in [0.15, 0.2) is 16.6 Å². The molecule has 4 aromatic rings. The zero-order chi connectivity index (χ0) is 20.7. The summed E-state index contributed by atoms with van der Waals surface area (Å²) >= 11 is 1.50. The first kappa shape index (κ1) is 18.8. The number of nitrogens with one attached hydrogen (secondary N) is 1. The van der Waals surface area contributed by atoms with Crippen molar-refractivity contribution in [3.8, 4) is 11.5 Å². The number of anilines is 1. The van der Waals surface area contributed by atoms with Crippen molar-refractivity contribution in [1.29, 1.82) is 0 Å². The fraction of sp³-hybridized carbons (Fsp3) is 0.217. The van der Waals surface area contributed by atoms with E-state index in [9.17, 15) is 4.79 Å². The Kier molecular flexibility index (Phi) is 4.77. The van der Waals surface area contributed by atoms with Crippen molar-refractivity contribution in [3.63, 3.8) is 0 Å². The highest BCUT2D eigenvalue weighted by atomic mass is 32.1. The van der Waals surface area contributed by atoms with Gasteiger partial charge in [-0.1, -0.05) is 41.7 Å². The Bertz CT molecular complexity index is 1210. The quantitative estimate of drug-likeness (QED) is 0.539. The summed E-state index contributed by atoms with van der Waals surface area (Å²) in [7, 11) is 4.16. The lowest BCUT2D eigenvalue weighted by Crippen LogP contribution is -3.06. The third-order valence-electron chi connectivity index (χ3n) is 5.18. The molecule has 0 saturated heterocycles. The molecular weight excluding hydrogens is 398 g/mol. The van der Waals surface area contributed by atoms with E-state index in [0.717, 1.165) is 33.3 Å². The molecule has 0 atom stereocenters. The summed E-state index contributed by atoms with van der Waals surface area (Å²) in [5, 5.41) is 2.86. The summed E-state index contributed by atoms with van der Waals surface area (Å²) in [5.74, 6) is 1.38. The Morgan fingerprint density at radius 1 is 1.07 bits per heavy atom. The Balaban J connectivity index is 1.53. The first-order valence-electron chi connectivity index (χ1n) is 9.88. The average molecular weight is 421 g/mol. The summed E-state index contributed by atoms with van der Waals surface area (Å²) in [5.41, 5.74) is 1.48. The van der Waals surface area contributed by atoms with Crippen LogP contribution in [0, 0.1) is 0 Å². The van der Waals surface area contributed by atoms with E-state index >= 15 is 0 Å². The molecule has 0 aliphatic carbocycles. The van der Waals surface area contributed by atoms with E-state index in [0.29, 0.717) is 23.0 Å². The highest BCUT2D eigenvalue weighted by Crippen LogP contribution is 2.40. The molecule has 152 valence electrons. The standard InChI is InChI=1S/C23H21N3O3S/c1-25(2)9-10-26(22(27)17-8-7-15-5-3-4-6-16(15)11-17)23-24-18-12-19-20(29-14-28-19)13-21(18)30-23/h3-8,11-13H,9-10,14H2,1-2H3/p+1. The second-order valence-electron chi connectivity index (χ2n) is 7.65. The molecule has 0 fully saturated rings. The van der Waals surface area contributed by atoms with Crippen molar-refractivity contribution in [3.05, 3.63) is 60.2 Å². The Hall–Kier alpha value is -3.16. The van der Waals surface area contributed by atoms with Crippen molar-refractivity contribution in [2.45, 2.75) is 0 Å². The topological polar surface area (TPSA) is 56.1 Å². The molecule has 1 aromatic heterocycles. The molecule has 1 aliphatic heterocycles. The van der Waals surface area contributed by atoms with Gasteiger partial charge in [-0.15, -0.1) is 0 Å². The van der Waals surface area contributed by atoms with Gasteiger partial charge < -0.3 is 14.4 Å². The normalized spacial score (nSPS) is 12.8. The van der Waals surface area contributed by atoms with Crippen LogP contribution in [0.15, 0.2) is 54.6 Å². The lowest BCUT2D eigenvalue weighted by Gasteiger charge is -2.21. The number of quaternary nitrogens is 1. The van der Waals surface area contributed by atoms with Gasteiger partial charge in [-0.3, -0.25) is 9.69 Å². The van der Waals surface area contributed by atoms with Crippen LogP contribution >= 0.6 is 11.3 Å². The number of nitrogens with zero attached hydrogens (tertiary/aromatic N) is 2. The number of thiazole rings is 1. The van der Waals surface area contributed by atoms with Crippen LogP contribution in [0.4, 0.5) is 5.13 Å². The molecule has 6 nitrogen and oxygen atoms in total. The summed E-state index contributed by atoms with van der Waals surface area (Å²) in [6, 6.07) is 17.7. The van der Waals surface area contributed by atoms with Gasteiger partial charge in [0.25, 0.3) is 5.91 Å². The van der Waals surface area contributed by atoms with Gasteiger partial charge in [-0.2, -0.15) is 0 Å². The van der Waals surface area contributed by atoms with Gasteiger partial charge in [-0.25, -0.2) is 4.98 Å². The van der Waals surface area contributed by atoms with Crippen molar-refractivity contribution in [1.82, 2.24) is 4.98 Å². The number of likely N-dealkylation sites (N-methyl/N-ethyl adjacent to an activating group) is 1. The van der Waals surface area contributed by atoms with Gasteiger partial charge in [-0.05, 0) is 22.9 Å². The number of carbonyl (C=O) groups is 1. The van der Waals surface area contributed by atoms with E-state index in [1.165, 1.54) is 16.2 Å². The predicted octanol–water partition coefficient (Wildman–Crippen LogP) is 2.97. The minimum atomic E-state index is -0.0406. The molecule has 1 N–H and O–H groups in total. The van der Waals surface area contributed by atoms with Crippen molar-refractivity contribution in [2.75, 3.05) is 38.9 Å². The molecule has 0 unspecified atom stereocenters. The van der Waals surface area contributed by atoms with Gasteiger partial charge >= 0.3 is 0 Å². The van der Waals surface area contributed by atoms with E-state index in [-0.39, 0.29) is 12.7 Å². The second-order valence-corrected chi connectivity index (χ2v) is 8.65. The van der Waals surface area contributed by atoms with E-state index in [1.54, 1.807) is 4.90 Å². The molecule has 30 heavy (non-hydrogen) atoms. The zero-order valence-electron chi connectivity index (χ0n) is 16.8. The molecule has 0 spiro atoms. The number of carbonyl (C=O) groups excluding carboxylic acids is 1. The van der Waals surface area contributed by atoms with E-state index < -0.39 is 0 Å². The fourth-order valence-corrected chi connectivity index (χ4v) is 4.52. The first-order chi connectivity index (χ1) is 14.6. The number of hydrogen-bond acceptors (Lipinski definition) is 5. The van der Waals surface area contributed by atoms with Gasteiger partial charge in [0.1, 0.15) is 0 Å². The van der Waals surface area contributed by atoms with Crippen LogP contribution in [-0.4, -0.2) is 44.9 Å². The van der Waals surface area contributed by atoms with E-state index in [1.807, 2.05) is 54.6 Å². The number of ether oxygens (including phenoxy) is 2. The van der Waals surface area contributed by atoms with Gasteiger partial charge in [0.2, 0.25) is 6.79 Å². The average Bonchev–Trinajstić information content (AvgIpc) is 3.37. The number of hydrogen-bond donors (Lipinski definition) is 1. The second kappa shape index (κ2) is 7.59. The van der Waals surface area contributed by atoms with Gasteiger partial charge in [0, 0.05) is 17.7 Å². The lowest BCUT2D eigenvalue weighted by atomic mass is 10.1. The molecule has 0 bridgehead atoms. The largest absolute Gasteiger partial charge is 0.454 e. The maximum Gasteiger partial charge on any atom is 0.260 e. The highest BCUT2D eigenvalue weighted by Gasteiger charge is 2.24. The number of fused-ring (bicyclic) bond motifs is 3. The molecular formula is C23H22N3O3S+. The SMILES string of the molecule is C[NH+](C)CCN(C(=O)c1ccc2ccccc2c1)c1nc2cc3c(cc2s1)OCO3. The zero-order valence-corrected chi connectivity index (χ0v) is 17.7. The van der Waals surface area contributed by atoms with E-state index in [2.05, 4.69) is 14.1 Å². The monoisotopic (exact) mass is 420 g/mol. The summed E-state index contributed by atoms with van der Waals surface area (Å²) < 4.78 is 11.9. The Morgan fingerprint density at radius 3 is 2.63 bits per heavy atom. The maximum absolute atomic E-state index is 13.5. The molecule has 0 saturated carbocycles. The first-order valence-corrected chi connectivity index (χ1v) is 10.7. The van der Waals surface area contributed by atoms with Gasteiger partial charge in [0.05, 0.1) is 37.4 Å². The predicted molar refractivity (Wildman–Crippen MR) is 119 cm³/mol. The minimum Gasteiger partial charge on any atom is -0.454 e. The molecule has 1 aliphatic rings. The summed E-state index contributed by atoms with van der Waals surface area (Å²) in [6.45, 7) is 1.64. The summed E-state index contributed by atoms with van der Waals surface area (Å²) in [4.78, 5) is 21.3. The smallest absolute Gasteiger partial charge is 0.260 e. The van der Waals surface area contributed by atoms with Crippen LogP contribution in [0.2, 0.25) is 0 Å². The number of rotatable bonds is 5. The maximum atomic E-state index is 13.5. The van der Waals surface area contributed by atoms with Crippen LogP contribution in [0.5, 0.6) is 11.5 Å². The van der Waals surface area contributed by atoms with Crippen molar-refractivity contribution < 1.29 is 19.2 Å². The fourth-order valence-electron chi connectivity index (χ4n) is 3.52. The van der Waals surface area contributed by atoms with Crippen LogP contribution in [0.25, 0.3) is 21.0 Å². The minimum absolute atomic E-state index is 0.0406. The van der Waals surface area contributed by atoms with Crippen LogP contribution in [0.1, 0.15) is 10.4 Å². The van der Waals surface area contributed by atoms with Crippen molar-refractivity contribution >= 4 is 43.4 Å². The highest BCUT2D eigenvalue weighted by molar-refractivity contribution is 7.22. The molecule has 7 heteroatoms. The number of aromatic nitrogens is 1. The molecule has 3 aromatic carbocycles. The van der Waals surface area contributed by atoms with Crippen LogP contribution in [0.3, 0.4) is 0 Å². The van der Waals surface area contributed by atoms with Crippen molar-refractivity contribution in [2.24, 2.45) is 0 Å². The van der Waals surface area contributed by atoms with Crippen LogP contribution in [-0.2, 0) is 0 Å². The summed E-state index contributed by atoms with van der Waals surface area (Å²) in [6.07, 6.45) is 0. The third-order valence-corrected chi connectivity index (χ3v) is 6.22. The molecule has 0 radical (unpaired) electrons. The Morgan fingerprint density at radius 2 is 1.83 bits per heavy atom. The van der Waals surface area contributed by atoms with Crippen LogP contribution < -0.4 is 19.3 Å². The van der Waals surface area contributed by atoms with E-state index in [4.69, 9.17) is 14.5 Å². The Labute approximate surface area is 178 Å².